The predicted octanol–water partition coefficient (Wildman–Crippen LogP) is 4.72. The van der Waals surface area contributed by atoms with Crippen molar-refractivity contribution in [2.45, 2.75) is 50.1 Å². The number of methoxy groups -OCH3 is 1. The highest BCUT2D eigenvalue weighted by Crippen LogP contribution is 2.42. The van der Waals surface area contributed by atoms with Gasteiger partial charge in [0.1, 0.15) is 5.75 Å². The molecule has 3 aliphatic rings. The molecule has 0 unspecified atom stereocenters. The molecule has 0 spiro atoms. The van der Waals surface area contributed by atoms with E-state index in [4.69, 9.17) is 4.74 Å². The molecule has 6 heteroatoms. The van der Waals surface area contributed by atoms with Crippen LogP contribution in [0.1, 0.15) is 49.1 Å². The van der Waals surface area contributed by atoms with Gasteiger partial charge in [-0.1, -0.05) is 30.3 Å². The van der Waals surface area contributed by atoms with Crippen LogP contribution in [0.5, 0.6) is 5.75 Å². The molecule has 3 atom stereocenters. The molecule has 0 saturated carbocycles. The number of hydrogen-bond acceptors (Lipinski definition) is 4. The summed E-state index contributed by atoms with van der Waals surface area (Å²) in [6.07, 6.45) is 7.93. The number of aliphatic hydroxyl groups is 1. The molecular formula is C28H35N3O3. The van der Waals surface area contributed by atoms with Gasteiger partial charge in [0.15, 0.2) is 0 Å². The maximum Gasteiger partial charge on any atom is 0.321 e. The zero-order valence-electron chi connectivity index (χ0n) is 20.0. The zero-order chi connectivity index (χ0) is 23.5. The summed E-state index contributed by atoms with van der Waals surface area (Å²) in [6, 6.07) is 16.6. The van der Waals surface area contributed by atoms with E-state index < -0.39 is 0 Å². The van der Waals surface area contributed by atoms with Crippen molar-refractivity contribution in [2.75, 3.05) is 38.7 Å². The number of amides is 2. The molecule has 2 amide bonds. The number of fused-ring (bicyclic) bond motifs is 1. The van der Waals surface area contributed by atoms with E-state index in [9.17, 15) is 9.90 Å². The summed E-state index contributed by atoms with van der Waals surface area (Å²) >= 11 is 0. The predicted molar refractivity (Wildman–Crippen MR) is 135 cm³/mol. The SMILES string of the molecule is COc1ccc(NC(=O)N2CCCCN3[C@@H](CO)[C@H](c4ccc(C5=CCCC5)cc4)[C@@H]3C2)cc1. The van der Waals surface area contributed by atoms with E-state index in [0.29, 0.717) is 6.54 Å². The molecule has 180 valence electrons. The molecule has 2 saturated heterocycles. The Morgan fingerprint density at radius 1 is 1.06 bits per heavy atom. The first-order valence-corrected chi connectivity index (χ1v) is 12.5. The lowest BCUT2D eigenvalue weighted by molar-refractivity contribution is -0.0585. The van der Waals surface area contributed by atoms with E-state index >= 15 is 0 Å². The molecule has 2 heterocycles. The van der Waals surface area contributed by atoms with E-state index in [1.807, 2.05) is 29.2 Å². The summed E-state index contributed by atoms with van der Waals surface area (Å²) in [7, 11) is 1.63. The van der Waals surface area contributed by atoms with Crippen molar-refractivity contribution in [3.63, 3.8) is 0 Å². The largest absolute Gasteiger partial charge is 0.497 e. The Bertz CT molecular complexity index is 1020. The van der Waals surface area contributed by atoms with Gasteiger partial charge in [-0.25, -0.2) is 4.79 Å². The molecular weight excluding hydrogens is 426 g/mol. The first-order chi connectivity index (χ1) is 16.7. The third kappa shape index (κ3) is 4.57. The number of ether oxygens (including phenoxy) is 1. The number of carbonyl (C=O) groups is 1. The fraction of sp³-hybridized carbons (Fsp3) is 0.464. The maximum atomic E-state index is 13.2. The summed E-state index contributed by atoms with van der Waals surface area (Å²) in [6.45, 7) is 2.53. The number of aliphatic hydroxyl groups excluding tert-OH is 1. The Labute approximate surface area is 202 Å². The van der Waals surface area contributed by atoms with Gasteiger partial charge in [-0.05, 0) is 79.6 Å². The summed E-state index contributed by atoms with van der Waals surface area (Å²) in [5, 5.41) is 13.3. The molecule has 2 aliphatic heterocycles. The van der Waals surface area contributed by atoms with Crippen molar-refractivity contribution in [1.29, 1.82) is 0 Å². The number of allylic oxidation sites excluding steroid dienone is 2. The van der Waals surface area contributed by atoms with Crippen molar-refractivity contribution in [3.8, 4) is 5.75 Å². The Hall–Kier alpha value is -2.83. The average molecular weight is 462 g/mol. The van der Waals surface area contributed by atoms with E-state index in [1.165, 1.54) is 29.5 Å². The van der Waals surface area contributed by atoms with Crippen molar-refractivity contribution in [1.82, 2.24) is 9.80 Å². The van der Waals surface area contributed by atoms with Crippen LogP contribution in [0.4, 0.5) is 10.5 Å². The Morgan fingerprint density at radius 2 is 1.82 bits per heavy atom. The molecule has 2 fully saturated rings. The van der Waals surface area contributed by atoms with Crippen LogP contribution in [0, 0.1) is 0 Å². The topological polar surface area (TPSA) is 65.0 Å². The lowest BCUT2D eigenvalue weighted by Gasteiger charge is -2.57. The van der Waals surface area contributed by atoms with Crippen LogP contribution in [0.15, 0.2) is 54.6 Å². The van der Waals surface area contributed by atoms with Crippen molar-refractivity contribution < 1.29 is 14.6 Å². The minimum absolute atomic E-state index is 0.0678. The van der Waals surface area contributed by atoms with Crippen LogP contribution in [-0.4, -0.2) is 66.4 Å². The number of urea groups is 1. The molecule has 6 nitrogen and oxygen atoms in total. The number of carbonyl (C=O) groups excluding carboxylic acids is 1. The number of benzene rings is 2. The molecule has 2 aromatic carbocycles. The first kappa shape index (κ1) is 22.9. The van der Waals surface area contributed by atoms with Crippen LogP contribution >= 0.6 is 0 Å². The average Bonchev–Trinajstić information content (AvgIpc) is 3.39. The summed E-state index contributed by atoms with van der Waals surface area (Å²) in [4.78, 5) is 17.5. The van der Waals surface area contributed by atoms with Crippen molar-refractivity contribution in [3.05, 3.63) is 65.7 Å². The normalized spacial score (nSPS) is 24.9. The molecule has 0 aromatic heterocycles. The second kappa shape index (κ2) is 10.2. The summed E-state index contributed by atoms with van der Waals surface area (Å²) < 4.78 is 5.21. The fourth-order valence-electron chi connectivity index (χ4n) is 5.85. The van der Waals surface area contributed by atoms with Crippen LogP contribution in [0.3, 0.4) is 0 Å². The van der Waals surface area contributed by atoms with Gasteiger partial charge in [-0.3, -0.25) is 4.90 Å². The minimum Gasteiger partial charge on any atom is -0.497 e. The monoisotopic (exact) mass is 461 g/mol. The molecule has 2 aromatic rings. The zero-order valence-corrected chi connectivity index (χ0v) is 20.0. The second-order valence-corrected chi connectivity index (χ2v) is 9.64. The molecule has 34 heavy (non-hydrogen) atoms. The quantitative estimate of drug-likeness (QED) is 0.676. The Kier molecular flexibility index (Phi) is 6.88. The standard InChI is InChI=1S/C28H35N3O3/c1-34-24-14-12-23(13-15-24)29-28(33)30-16-4-5-17-31-25(18-30)27(26(31)19-32)22-10-8-21(9-11-22)20-6-2-3-7-20/h6,8-15,25-27,32H,2-5,7,16-19H2,1H3,(H,29,33)/t25-,26-,27+/m0/s1. The third-order valence-electron chi connectivity index (χ3n) is 7.71. The van der Waals surface area contributed by atoms with Gasteiger partial charge in [0.2, 0.25) is 0 Å². The van der Waals surface area contributed by atoms with Gasteiger partial charge in [0, 0.05) is 36.8 Å². The molecule has 0 radical (unpaired) electrons. The van der Waals surface area contributed by atoms with Gasteiger partial charge in [0.25, 0.3) is 0 Å². The Balaban J connectivity index is 1.31. The molecule has 0 bridgehead atoms. The van der Waals surface area contributed by atoms with Crippen molar-refractivity contribution in [2.24, 2.45) is 0 Å². The number of hydrogen-bond donors (Lipinski definition) is 2. The van der Waals surface area contributed by atoms with Gasteiger partial charge < -0.3 is 20.1 Å². The number of rotatable bonds is 5. The number of nitrogens with one attached hydrogen (secondary N) is 1. The summed E-state index contributed by atoms with van der Waals surface area (Å²) in [5.74, 6) is 0.994. The van der Waals surface area contributed by atoms with E-state index in [0.717, 1.165) is 43.8 Å². The number of anilines is 1. The lowest BCUT2D eigenvalue weighted by Crippen LogP contribution is -2.68. The third-order valence-corrected chi connectivity index (χ3v) is 7.71. The van der Waals surface area contributed by atoms with Gasteiger partial charge in [-0.15, -0.1) is 0 Å². The van der Waals surface area contributed by atoms with Crippen LogP contribution in [0.25, 0.3) is 5.57 Å². The first-order valence-electron chi connectivity index (χ1n) is 12.5. The Morgan fingerprint density at radius 3 is 2.50 bits per heavy atom. The van der Waals surface area contributed by atoms with E-state index in [2.05, 4.69) is 40.6 Å². The van der Waals surface area contributed by atoms with Crippen LogP contribution in [0.2, 0.25) is 0 Å². The summed E-state index contributed by atoms with van der Waals surface area (Å²) in [5.41, 5.74) is 4.79. The van der Waals surface area contributed by atoms with Gasteiger partial charge in [0.05, 0.1) is 13.7 Å². The van der Waals surface area contributed by atoms with E-state index in [1.54, 1.807) is 7.11 Å². The molecule has 5 rings (SSSR count). The van der Waals surface area contributed by atoms with E-state index in [-0.39, 0.29) is 30.6 Å². The maximum absolute atomic E-state index is 13.2. The van der Waals surface area contributed by atoms with Gasteiger partial charge in [-0.2, -0.15) is 0 Å². The van der Waals surface area contributed by atoms with Crippen LogP contribution in [-0.2, 0) is 0 Å². The highest BCUT2D eigenvalue weighted by Gasteiger charge is 2.49. The fourth-order valence-corrected chi connectivity index (χ4v) is 5.85. The smallest absolute Gasteiger partial charge is 0.321 e. The highest BCUT2D eigenvalue weighted by atomic mass is 16.5. The number of nitrogens with zero attached hydrogens (tertiary/aromatic N) is 2. The second-order valence-electron chi connectivity index (χ2n) is 9.64. The molecule has 2 N–H and O–H groups in total. The lowest BCUT2D eigenvalue weighted by atomic mass is 9.74. The minimum atomic E-state index is -0.0678. The van der Waals surface area contributed by atoms with Crippen LogP contribution < -0.4 is 10.1 Å². The molecule has 1 aliphatic carbocycles. The van der Waals surface area contributed by atoms with Crippen molar-refractivity contribution >= 4 is 17.3 Å². The van der Waals surface area contributed by atoms with Gasteiger partial charge >= 0.3 is 6.03 Å². The highest BCUT2D eigenvalue weighted by molar-refractivity contribution is 5.89.